The van der Waals surface area contributed by atoms with Crippen LogP contribution in [0.3, 0.4) is 0 Å². The molecule has 1 fully saturated rings. The van der Waals surface area contributed by atoms with E-state index >= 15 is 0 Å². The first-order valence-corrected chi connectivity index (χ1v) is 7.62. The van der Waals surface area contributed by atoms with E-state index < -0.39 is 12.6 Å². The third-order valence-electron chi connectivity index (χ3n) is 3.92. The van der Waals surface area contributed by atoms with Crippen LogP contribution < -0.4 is 5.32 Å². The molecule has 1 saturated carbocycles. The van der Waals surface area contributed by atoms with E-state index in [1.165, 1.54) is 6.42 Å². The molecular formula is C14H22F3N3O. The van der Waals surface area contributed by atoms with Gasteiger partial charge in [0.2, 0.25) is 5.89 Å². The van der Waals surface area contributed by atoms with Crippen molar-refractivity contribution in [2.24, 2.45) is 0 Å². The fraction of sp³-hybridized carbons (Fsp3) is 0.857. The molecule has 1 aromatic heterocycles. The van der Waals surface area contributed by atoms with E-state index in [-0.39, 0.29) is 24.2 Å². The number of aromatic nitrogens is 2. The summed E-state index contributed by atoms with van der Waals surface area (Å²) in [5.41, 5.74) is 0. The molecule has 0 spiro atoms. The van der Waals surface area contributed by atoms with Crippen LogP contribution in [0, 0.1) is 0 Å². The molecule has 1 heterocycles. The lowest BCUT2D eigenvalue weighted by molar-refractivity contribution is -0.134. The van der Waals surface area contributed by atoms with Crippen molar-refractivity contribution in [3.05, 3.63) is 11.7 Å². The fourth-order valence-electron chi connectivity index (χ4n) is 2.88. The van der Waals surface area contributed by atoms with Crippen LogP contribution in [0.15, 0.2) is 4.52 Å². The third-order valence-corrected chi connectivity index (χ3v) is 3.92. The van der Waals surface area contributed by atoms with Crippen LogP contribution in [0.25, 0.3) is 0 Å². The minimum absolute atomic E-state index is 0.111. The molecule has 0 saturated heterocycles. The predicted molar refractivity (Wildman–Crippen MR) is 72.0 cm³/mol. The zero-order valence-corrected chi connectivity index (χ0v) is 12.2. The Hall–Kier alpha value is -1.11. The minimum atomic E-state index is -4.19. The molecule has 2 atom stereocenters. The molecule has 2 unspecified atom stereocenters. The van der Waals surface area contributed by atoms with Crippen LogP contribution in [0.5, 0.6) is 0 Å². The maximum Gasteiger partial charge on any atom is 0.389 e. The first-order valence-electron chi connectivity index (χ1n) is 7.62. The normalized spacial score (nSPS) is 24.0. The molecule has 1 aliphatic carbocycles. The zero-order chi connectivity index (χ0) is 15.3. The summed E-state index contributed by atoms with van der Waals surface area (Å²) in [5.74, 6) is 0.751. The Morgan fingerprint density at radius 3 is 2.71 bits per heavy atom. The zero-order valence-electron chi connectivity index (χ0n) is 12.2. The Morgan fingerprint density at radius 1 is 1.24 bits per heavy atom. The molecule has 120 valence electrons. The van der Waals surface area contributed by atoms with Crippen molar-refractivity contribution in [1.82, 2.24) is 15.5 Å². The highest BCUT2D eigenvalue weighted by Crippen LogP contribution is 2.31. The standard InChI is InChI=1S/C14H22F3N3O/c1-2-18-11-7-5-3-4-6-10(11)13-19-12(20-21-13)8-9-14(15,16)17/h10-11,18H,2-9H2,1H3. The van der Waals surface area contributed by atoms with Crippen molar-refractivity contribution in [2.45, 2.75) is 70.0 Å². The van der Waals surface area contributed by atoms with E-state index in [0.717, 1.165) is 32.2 Å². The Kier molecular flexibility index (Phi) is 5.61. The predicted octanol–water partition coefficient (Wildman–Crippen LogP) is 3.59. The monoisotopic (exact) mass is 305 g/mol. The van der Waals surface area contributed by atoms with Gasteiger partial charge in [-0.15, -0.1) is 0 Å². The maximum absolute atomic E-state index is 12.2. The van der Waals surface area contributed by atoms with Gasteiger partial charge in [0.05, 0.1) is 12.3 Å². The molecule has 0 aliphatic heterocycles. The van der Waals surface area contributed by atoms with Gasteiger partial charge in [-0.3, -0.25) is 0 Å². The number of nitrogens with one attached hydrogen (secondary N) is 1. The van der Waals surface area contributed by atoms with Crippen LogP contribution in [-0.2, 0) is 6.42 Å². The molecule has 4 nitrogen and oxygen atoms in total. The lowest BCUT2D eigenvalue weighted by Crippen LogP contribution is -2.34. The summed E-state index contributed by atoms with van der Waals surface area (Å²) in [6.07, 6.45) is 0.0924. The number of likely N-dealkylation sites (N-methyl/N-ethyl adjacent to an activating group) is 1. The Labute approximate surface area is 122 Å². The molecule has 1 aliphatic rings. The third kappa shape index (κ3) is 4.98. The SMILES string of the molecule is CCNC1CCCCCC1c1nc(CCC(F)(F)F)no1. The summed E-state index contributed by atoms with van der Waals surface area (Å²) < 4.78 is 41.9. The molecule has 0 amide bonds. The van der Waals surface area contributed by atoms with Gasteiger partial charge in [-0.2, -0.15) is 18.2 Å². The summed E-state index contributed by atoms with van der Waals surface area (Å²) in [5, 5.41) is 7.14. The highest BCUT2D eigenvalue weighted by Gasteiger charge is 2.31. The molecule has 1 aromatic rings. The summed E-state index contributed by atoms with van der Waals surface area (Å²) in [6, 6.07) is 0.272. The molecule has 7 heteroatoms. The molecule has 21 heavy (non-hydrogen) atoms. The van der Waals surface area contributed by atoms with Crippen molar-refractivity contribution in [2.75, 3.05) is 6.54 Å². The minimum Gasteiger partial charge on any atom is -0.339 e. The van der Waals surface area contributed by atoms with Gasteiger partial charge in [0.25, 0.3) is 0 Å². The van der Waals surface area contributed by atoms with Gasteiger partial charge in [0.1, 0.15) is 0 Å². The van der Waals surface area contributed by atoms with Crippen molar-refractivity contribution in [1.29, 1.82) is 0 Å². The van der Waals surface area contributed by atoms with Crippen LogP contribution >= 0.6 is 0 Å². The second-order valence-corrected chi connectivity index (χ2v) is 5.57. The number of nitrogens with zero attached hydrogens (tertiary/aromatic N) is 2. The Morgan fingerprint density at radius 2 is 2.00 bits per heavy atom. The molecule has 0 bridgehead atoms. The topological polar surface area (TPSA) is 51.0 Å². The van der Waals surface area contributed by atoms with Gasteiger partial charge >= 0.3 is 6.18 Å². The average Bonchev–Trinajstić information content (AvgIpc) is 2.76. The van der Waals surface area contributed by atoms with Crippen LogP contribution in [0.2, 0.25) is 0 Å². The number of halogens is 3. The van der Waals surface area contributed by atoms with E-state index in [1.807, 2.05) is 6.92 Å². The number of aryl methyl sites for hydroxylation is 1. The fourth-order valence-corrected chi connectivity index (χ4v) is 2.88. The number of rotatable bonds is 5. The van der Waals surface area contributed by atoms with Crippen molar-refractivity contribution in [3.63, 3.8) is 0 Å². The van der Waals surface area contributed by atoms with Crippen LogP contribution in [0.4, 0.5) is 13.2 Å². The molecular weight excluding hydrogens is 283 g/mol. The number of alkyl halides is 3. The van der Waals surface area contributed by atoms with Crippen molar-refractivity contribution < 1.29 is 17.7 Å². The molecule has 0 aromatic carbocycles. The van der Waals surface area contributed by atoms with Crippen LogP contribution in [-0.4, -0.2) is 28.9 Å². The molecule has 1 N–H and O–H groups in total. The summed E-state index contributed by atoms with van der Waals surface area (Å²) in [4.78, 5) is 4.19. The lowest BCUT2D eigenvalue weighted by Gasteiger charge is -2.22. The lowest BCUT2D eigenvalue weighted by atomic mass is 9.94. The number of hydrogen-bond donors (Lipinski definition) is 1. The van der Waals surface area contributed by atoms with E-state index in [2.05, 4.69) is 15.5 Å². The second kappa shape index (κ2) is 7.24. The molecule has 0 radical (unpaired) electrons. The smallest absolute Gasteiger partial charge is 0.339 e. The van der Waals surface area contributed by atoms with Gasteiger partial charge in [-0.05, 0) is 19.4 Å². The van der Waals surface area contributed by atoms with Crippen LogP contribution in [0.1, 0.15) is 63.1 Å². The van der Waals surface area contributed by atoms with Gasteiger partial charge < -0.3 is 9.84 Å². The van der Waals surface area contributed by atoms with Gasteiger partial charge in [0.15, 0.2) is 5.82 Å². The van der Waals surface area contributed by atoms with E-state index in [1.54, 1.807) is 0 Å². The number of hydrogen-bond acceptors (Lipinski definition) is 4. The maximum atomic E-state index is 12.2. The summed E-state index contributed by atoms with van der Waals surface area (Å²) >= 11 is 0. The van der Waals surface area contributed by atoms with Crippen molar-refractivity contribution >= 4 is 0 Å². The second-order valence-electron chi connectivity index (χ2n) is 5.57. The summed E-state index contributed by atoms with van der Waals surface area (Å²) in [7, 11) is 0. The molecule has 2 rings (SSSR count). The van der Waals surface area contributed by atoms with Crippen molar-refractivity contribution in [3.8, 4) is 0 Å². The quantitative estimate of drug-likeness (QED) is 0.845. The average molecular weight is 305 g/mol. The largest absolute Gasteiger partial charge is 0.389 e. The van der Waals surface area contributed by atoms with E-state index in [4.69, 9.17) is 4.52 Å². The Bertz CT molecular complexity index is 433. The van der Waals surface area contributed by atoms with Gasteiger partial charge in [-0.1, -0.05) is 31.3 Å². The van der Waals surface area contributed by atoms with E-state index in [0.29, 0.717) is 5.89 Å². The first kappa shape index (κ1) is 16.3. The van der Waals surface area contributed by atoms with E-state index in [9.17, 15) is 13.2 Å². The van der Waals surface area contributed by atoms with Gasteiger partial charge in [-0.25, -0.2) is 0 Å². The highest BCUT2D eigenvalue weighted by molar-refractivity contribution is 5.01. The highest BCUT2D eigenvalue weighted by atomic mass is 19.4. The first-order chi connectivity index (χ1) is 9.99. The summed E-state index contributed by atoms with van der Waals surface area (Å²) in [6.45, 7) is 2.90. The Balaban J connectivity index is 2.03. The van der Waals surface area contributed by atoms with Gasteiger partial charge in [0, 0.05) is 12.5 Å².